The molecule has 0 saturated heterocycles. The monoisotopic (exact) mass is 235 g/mol. The summed E-state index contributed by atoms with van der Waals surface area (Å²) in [6.07, 6.45) is 1.85. The molecule has 0 bridgehead atoms. The first-order chi connectivity index (χ1) is 7.82. The van der Waals surface area contributed by atoms with Crippen molar-refractivity contribution >= 4 is 10.9 Å². The maximum Gasteiger partial charge on any atom is 0.132 e. The van der Waals surface area contributed by atoms with E-state index in [1.807, 2.05) is 30.7 Å². The number of benzene rings is 1. The lowest BCUT2D eigenvalue weighted by atomic mass is 9.98. The fourth-order valence-electron chi connectivity index (χ4n) is 2.16. The van der Waals surface area contributed by atoms with Gasteiger partial charge in [0, 0.05) is 23.2 Å². The number of hydrogen-bond acceptors (Lipinski definition) is 1. The zero-order valence-electron chi connectivity index (χ0n) is 10.7. The van der Waals surface area contributed by atoms with Crippen LogP contribution in [0, 0.1) is 5.82 Å². The van der Waals surface area contributed by atoms with Gasteiger partial charge in [-0.25, -0.2) is 4.39 Å². The van der Waals surface area contributed by atoms with Crippen LogP contribution in [0.1, 0.15) is 39.3 Å². The van der Waals surface area contributed by atoms with Gasteiger partial charge in [-0.05, 0) is 39.8 Å². The van der Waals surface area contributed by atoms with Crippen molar-refractivity contribution in [2.75, 3.05) is 0 Å². The van der Waals surface area contributed by atoms with E-state index in [4.69, 9.17) is 0 Å². The van der Waals surface area contributed by atoms with Crippen LogP contribution in [0.15, 0.2) is 24.4 Å². The van der Waals surface area contributed by atoms with Crippen LogP contribution in [0.2, 0.25) is 0 Å². The molecule has 0 unspecified atom stereocenters. The Morgan fingerprint density at radius 1 is 1.29 bits per heavy atom. The standard InChI is InChI=1S/C14H18FNO/c1-9(2)16-8-10(14(3,4)17)13-11(15)6-5-7-12(13)16/h5-9,17H,1-4H3. The number of hydrogen-bond donors (Lipinski definition) is 1. The zero-order chi connectivity index (χ0) is 12.8. The maximum atomic E-state index is 13.9. The van der Waals surface area contributed by atoms with Crippen LogP contribution in [0.5, 0.6) is 0 Å². The molecule has 1 heterocycles. The second-order valence-electron chi connectivity index (χ2n) is 5.24. The second kappa shape index (κ2) is 3.84. The minimum atomic E-state index is -1.04. The molecule has 2 rings (SSSR count). The van der Waals surface area contributed by atoms with Crippen molar-refractivity contribution in [3.8, 4) is 0 Å². The van der Waals surface area contributed by atoms with Crippen molar-refractivity contribution in [1.82, 2.24) is 4.57 Å². The van der Waals surface area contributed by atoms with E-state index >= 15 is 0 Å². The Morgan fingerprint density at radius 3 is 2.47 bits per heavy atom. The molecule has 0 saturated carbocycles. The number of nitrogens with zero attached hydrogens (tertiary/aromatic N) is 1. The maximum absolute atomic E-state index is 13.9. The van der Waals surface area contributed by atoms with Gasteiger partial charge in [0.15, 0.2) is 0 Å². The number of halogens is 1. The smallest absolute Gasteiger partial charge is 0.132 e. The zero-order valence-corrected chi connectivity index (χ0v) is 10.7. The van der Waals surface area contributed by atoms with Gasteiger partial charge in [-0.2, -0.15) is 0 Å². The number of rotatable bonds is 2. The van der Waals surface area contributed by atoms with Crippen molar-refractivity contribution in [3.63, 3.8) is 0 Å². The van der Waals surface area contributed by atoms with E-state index in [-0.39, 0.29) is 11.9 Å². The molecule has 1 N–H and O–H groups in total. The third-order valence-corrected chi connectivity index (χ3v) is 3.02. The Morgan fingerprint density at radius 2 is 1.94 bits per heavy atom. The van der Waals surface area contributed by atoms with Crippen molar-refractivity contribution in [3.05, 3.63) is 35.8 Å². The highest BCUT2D eigenvalue weighted by Gasteiger charge is 2.24. The third kappa shape index (κ3) is 1.95. The van der Waals surface area contributed by atoms with Crippen molar-refractivity contribution in [2.45, 2.75) is 39.3 Å². The Balaban J connectivity index is 2.86. The molecule has 3 heteroatoms. The molecule has 0 spiro atoms. The number of aromatic nitrogens is 1. The first-order valence-corrected chi connectivity index (χ1v) is 5.84. The van der Waals surface area contributed by atoms with Gasteiger partial charge >= 0.3 is 0 Å². The van der Waals surface area contributed by atoms with E-state index in [1.165, 1.54) is 6.07 Å². The molecule has 0 aliphatic rings. The first kappa shape index (κ1) is 12.1. The van der Waals surface area contributed by atoms with Gasteiger partial charge in [0.2, 0.25) is 0 Å². The normalized spacial score (nSPS) is 12.6. The highest BCUT2D eigenvalue weighted by atomic mass is 19.1. The molecule has 1 aromatic carbocycles. The predicted octanol–water partition coefficient (Wildman–Crippen LogP) is 3.59. The van der Waals surface area contributed by atoms with Crippen molar-refractivity contribution < 1.29 is 9.50 Å². The molecular formula is C14H18FNO. The molecule has 0 atom stereocenters. The highest BCUT2D eigenvalue weighted by molar-refractivity contribution is 5.85. The molecule has 2 aromatic rings. The van der Waals surface area contributed by atoms with Crippen LogP contribution in [0.4, 0.5) is 4.39 Å². The van der Waals surface area contributed by atoms with E-state index < -0.39 is 5.60 Å². The average molecular weight is 235 g/mol. The Labute approximate surface area is 101 Å². The van der Waals surface area contributed by atoms with Crippen LogP contribution in [0.3, 0.4) is 0 Å². The molecule has 17 heavy (non-hydrogen) atoms. The van der Waals surface area contributed by atoms with Crippen LogP contribution < -0.4 is 0 Å². The minimum absolute atomic E-state index is 0.232. The lowest BCUT2D eigenvalue weighted by Gasteiger charge is -2.16. The van der Waals surface area contributed by atoms with Crippen molar-refractivity contribution in [2.24, 2.45) is 0 Å². The summed E-state index contributed by atoms with van der Waals surface area (Å²) in [5.74, 6) is -0.279. The number of fused-ring (bicyclic) bond motifs is 1. The molecule has 2 nitrogen and oxygen atoms in total. The van der Waals surface area contributed by atoms with Crippen LogP contribution in [0.25, 0.3) is 10.9 Å². The van der Waals surface area contributed by atoms with Crippen LogP contribution in [-0.4, -0.2) is 9.67 Å². The van der Waals surface area contributed by atoms with Gasteiger partial charge in [0.1, 0.15) is 5.82 Å². The van der Waals surface area contributed by atoms with Gasteiger partial charge < -0.3 is 9.67 Å². The van der Waals surface area contributed by atoms with Crippen LogP contribution >= 0.6 is 0 Å². The summed E-state index contributed by atoms with van der Waals surface area (Å²) in [7, 11) is 0. The predicted molar refractivity (Wildman–Crippen MR) is 67.5 cm³/mol. The van der Waals surface area contributed by atoms with Crippen LogP contribution in [-0.2, 0) is 5.60 Å². The quantitative estimate of drug-likeness (QED) is 0.845. The molecule has 92 valence electrons. The third-order valence-electron chi connectivity index (χ3n) is 3.02. The Kier molecular flexibility index (Phi) is 2.74. The first-order valence-electron chi connectivity index (χ1n) is 5.84. The summed E-state index contributed by atoms with van der Waals surface area (Å²) in [6.45, 7) is 7.44. The molecule has 0 aliphatic heterocycles. The van der Waals surface area contributed by atoms with E-state index in [2.05, 4.69) is 0 Å². The summed E-state index contributed by atoms with van der Waals surface area (Å²) in [6, 6.07) is 5.25. The van der Waals surface area contributed by atoms with Gasteiger partial charge in [0.25, 0.3) is 0 Å². The summed E-state index contributed by atoms with van der Waals surface area (Å²) in [4.78, 5) is 0. The van der Waals surface area contributed by atoms with Gasteiger partial charge in [-0.15, -0.1) is 0 Å². The molecule has 1 aromatic heterocycles. The summed E-state index contributed by atoms with van der Waals surface area (Å²) in [5.41, 5.74) is 0.428. The molecule has 0 amide bonds. The van der Waals surface area contributed by atoms with Crippen molar-refractivity contribution in [1.29, 1.82) is 0 Å². The fraction of sp³-hybridized carbons (Fsp3) is 0.429. The van der Waals surface area contributed by atoms with E-state index in [9.17, 15) is 9.50 Å². The van der Waals surface area contributed by atoms with Gasteiger partial charge in [-0.1, -0.05) is 6.07 Å². The highest BCUT2D eigenvalue weighted by Crippen LogP contribution is 2.33. The van der Waals surface area contributed by atoms with E-state index in [0.717, 1.165) is 5.52 Å². The SMILES string of the molecule is CC(C)n1cc(C(C)(C)O)c2c(F)cccc21. The fourth-order valence-corrected chi connectivity index (χ4v) is 2.16. The Hall–Kier alpha value is -1.35. The summed E-state index contributed by atoms with van der Waals surface area (Å²) < 4.78 is 15.9. The van der Waals surface area contributed by atoms with Gasteiger partial charge in [-0.3, -0.25) is 0 Å². The Bertz CT molecular complexity index is 549. The molecule has 0 aliphatic carbocycles. The van der Waals surface area contributed by atoms with Gasteiger partial charge in [0.05, 0.1) is 11.1 Å². The second-order valence-corrected chi connectivity index (χ2v) is 5.24. The average Bonchev–Trinajstić information content (AvgIpc) is 2.57. The topological polar surface area (TPSA) is 25.2 Å². The molecule has 0 radical (unpaired) electrons. The number of aliphatic hydroxyl groups is 1. The largest absolute Gasteiger partial charge is 0.386 e. The molecule has 0 fully saturated rings. The summed E-state index contributed by atoms with van der Waals surface area (Å²) in [5, 5.41) is 10.6. The summed E-state index contributed by atoms with van der Waals surface area (Å²) >= 11 is 0. The lowest BCUT2D eigenvalue weighted by molar-refractivity contribution is 0.0797. The minimum Gasteiger partial charge on any atom is -0.386 e. The van der Waals surface area contributed by atoms with E-state index in [1.54, 1.807) is 19.9 Å². The molecular weight excluding hydrogens is 217 g/mol. The van der Waals surface area contributed by atoms with E-state index in [0.29, 0.717) is 10.9 Å². The lowest BCUT2D eigenvalue weighted by Crippen LogP contribution is -2.15.